The molecule has 10 heteroatoms. The molecule has 0 radical (unpaired) electrons. The minimum Gasteiger partial charge on any atom is -0.343 e. The zero-order chi connectivity index (χ0) is 20.9. The van der Waals surface area contributed by atoms with Gasteiger partial charge < -0.3 is 9.88 Å². The van der Waals surface area contributed by atoms with Gasteiger partial charge in [0.2, 0.25) is 0 Å². The third-order valence-electron chi connectivity index (χ3n) is 4.56. The molecule has 0 saturated heterocycles. The summed E-state index contributed by atoms with van der Waals surface area (Å²) in [7, 11) is 0. The highest BCUT2D eigenvalue weighted by atomic mass is 16.6. The van der Waals surface area contributed by atoms with Gasteiger partial charge in [-0.25, -0.2) is 9.97 Å². The van der Waals surface area contributed by atoms with Gasteiger partial charge in [0.1, 0.15) is 18.3 Å². The summed E-state index contributed by atoms with van der Waals surface area (Å²) < 4.78 is 3.14. The normalized spacial score (nSPS) is 11.7. The predicted molar refractivity (Wildman–Crippen MR) is 107 cm³/mol. The third kappa shape index (κ3) is 4.07. The van der Waals surface area contributed by atoms with Crippen LogP contribution >= 0.6 is 0 Å². The number of nitro benzene ring substituents is 1. The van der Waals surface area contributed by atoms with E-state index in [9.17, 15) is 14.9 Å². The highest BCUT2D eigenvalue weighted by Crippen LogP contribution is 2.25. The molecule has 0 aliphatic heterocycles. The third-order valence-corrected chi connectivity index (χ3v) is 4.56. The Kier molecular flexibility index (Phi) is 5.29. The summed E-state index contributed by atoms with van der Waals surface area (Å²) in [6.07, 6.45) is 7.57. The number of aromatic nitrogens is 5. The number of nitrogens with zero attached hydrogens (tertiary/aromatic N) is 6. The van der Waals surface area contributed by atoms with Crippen molar-refractivity contribution in [3.63, 3.8) is 0 Å². The molecule has 0 bridgehead atoms. The molecule has 1 amide bonds. The Hall–Kier alpha value is -4.34. The van der Waals surface area contributed by atoms with Crippen molar-refractivity contribution in [2.75, 3.05) is 0 Å². The number of hydrogen-bond donors (Lipinski definition) is 1. The van der Waals surface area contributed by atoms with Gasteiger partial charge in [0.15, 0.2) is 0 Å². The van der Waals surface area contributed by atoms with E-state index in [-0.39, 0.29) is 11.3 Å². The van der Waals surface area contributed by atoms with Gasteiger partial charge in [-0.3, -0.25) is 19.6 Å². The molecule has 0 saturated carbocycles. The molecule has 0 aliphatic rings. The van der Waals surface area contributed by atoms with Gasteiger partial charge in [0.25, 0.3) is 11.6 Å². The van der Waals surface area contributed by atoms with Crippen LogP contribution < -0.4 is 5.32 Å². The van der Waals surface area contributed by atoms with Gasteiger partial charge in [-0.1, -0.05) is 30.3 Å². The van der Waals surface area contributed by atoms with E-state index in [4.69, 9.17) is 0 Å². The molecule has 1 atom stereocenters. The summed E-state index contributed by atoms with van der Waals surface area (Å²) in [6.45, 7) is 0.366. The topological polar surface area (TPSA) is 121 Å². The smallest absolute Gasteiger partial charge is 0.294 e. The summed E-state index contributed by atoms with van der Waals surface area (Å²) >= 11 is 0. The lowest BCUT2D eigenvalue weighted by Gasteiger charge is -2.19. The van der Waals surface area contributed by atoms with E-state index >= 15 is 0 Å². The quantitative estimate of drug-likeness (QED) is 0.374. The van der Waals surface area contributed by atoms with Crippen molar-refractivity contribution >= 4 is 11.6 Å². The molecule has 0 spiro atoms. The number of imidazole rings is 1. The molecule has 2 aromatic heterocycles. The van der Waals surface area contributed by atoms with Crippen LogP contribution in [0.1, 0.15) is 22.0 Å². The average molecular weight is 403 g/mol. The lowest BCUT2D eigenvalue weighted by Crippen LogP contribution is -2.31. The van der Waals surface area contributed by atoms with Crippen LogP contribution in [0.15, 0.2) is 79.9 Å². The van der Waals surface area contributed by atoms with Gasteiger partial charge in [-0.15, -0.1) is 0 Å². The number of amides is 1. The standard InChI is InChI=1S/C20H17N7O3/c28-20(16-6-7-18(19(10-16)27(29)30)25-9-8-21-13-25)24-17(11-26-14-22-12-23-26)15-4-2-1-3-5-15/h1-10,12-14,17H,11H2,(H,24,28). The maximum Gasteiger partial charge on any atom is 0.294 e. The first kappa shape index (κ1) is 19.0. The molecule has 150 valence electrons. The molecule has 0 fully saturated rings. The SMILES string of the molecule is O=C(NC(Cn1cncn1)c1ccccc1)c1ccc(-n2ccnc2)c([N+](=O)[O-])c1. The first-order valence-corrected chi connectivity index (χ1v) is 9.07. The summed E-state index contributed by atoms with van der Waals surface area (Å²) in [6, 6.07) is 13.4. The number of carbonyl (C=O) groups excluding carboxylic acids is 1. The fourth-order valence-corrected chi connectivity index (χ4v) is 3.11. The monoisotopic (exact) mass is 403 g/mol. The lowest BCUT2D eigenvalue weighted by atomic mass is 10.1. The van der Waals surface area contributed by atoms with Crippen molar-refractivity contribution in [1.82, 2.24) is 29.6 Å². The summed E-state index contributed by atoms with van der Waals surface area (Å²) in [4.78, 5) is 31.8. The Morgan fingerprint density at radius 1 is 1.13 bits per heavy atom. The Labute approximate surface area is 171 Å². The molecule has 2 aromatic carbocycles. The van der Waals surface area contributed by atoms with Crippen molar-refractivity contribution < 1.29 is 9.72 Å². The second kappa shape index (κ2) is 8.35. The second-order valence-corrected chi connectivity index (χ2v) is 6.48. The maximum atomic E-state index is 12.9. The fourth-order valence-electron chi connectivity index (χ4n) is 3.11. The molecule has 2 heterocycles. The first-order chi connectivity index (χ1) is 14.6. The highest BCUT2D eigenvalue weighted by molar-refractivity contribution is 5.95. The van der Waals surface area contributed by atoms with Crippen molar-refractivity contribution in [1.29, 1.82) is 0 Å². The zero-order valence-corrected chi connectivity index (χ0v) is 15.7. The number of carbonyl (C=O) groups is 1. The van der Waals surface area contributed by atoms with Gasteiger partial charge in [0.05, 0.1) is 23.8 Å². The van der Waals surface area contributed by atoms with E-state index in [1.54, 1.807) is 23.3 Å². The van der Waals surface area contributed by atoms with Crippen LogP contribution in [0, 0.1) is 10.1 Å². The molecular formula is C20H17N7O3. The number of benzene rings is 2. The van der Waals surface area contributed by atoms with E-state index < -0.39 is 16.9 Å². The van der Waals surface area contributed by atoms with Crippen LogP contribution in [-0.2, 0) is 6.54 Å². The van der Waals surface area contributed by atoms with E-state index in [1.807, 2.05) is 30.3 Å². The minimum atomic E-state index is -0.518. The molecule has 30 heavy (non-hydrogen) atoms. The van der Waals surface area contributed by atoms with Crippen molar-refractivity contribution in [3.05, 3.63) is 101 Å². The number of rotatable bonds is 7. The molecule has 4 rings (SSSR count). The Bertz CT molecular complexity index is 1140. The largest absolute Gasteiger partial charge is 0.343 e. The fraction of sp³-hybridized carbons (Fsp3) is 0.100. The van der Waals surface area contributed by atoms with Gasteiger partial charge in [-0.2, -0.15) is 5.10 Å². The van der Waals surface area contributed by atoms with E-state index in [1.165, 1.54) is 35.6 Å². The Balaban J connectivity index is 1.62. The predicted octanol–water partition coefficient (Wildman–Crippen LogP) is 2.54. The van der Waals surface area contributed by atoms with Gasteiger partial charge >= 0.3 is 0 Å². The minimum absolute atomic E-state index is 0.185. The van der Waals surface area contributed by atoms with Crippen LogP contribution in [0.5, 0.6) is 0 Å². The molecule has 1 unspecified atom stereocenters. The summed E-state index contributed by atoms with van der Waals surface area (Å²) in [5.41, 5.74) is 1.21. The van der Waals surface area contributed by atoms with Crippen molar-refractivity contribution in [3.8, 4) is 5.69 Å². The molecule has 0 aliphatic carbocycles. The van der Waals surface area contributed by atoms with Crippen LogP contribution in [0.2, 0.25) is 0 Å². The molecule has 4 aromatic rings. The zero-order valence-electron chi connectivity index (χ0n) is 15.7. The number of nitrogens with one attached hydrogen (secondary N) is 1. The molecular weight excluding hydrogens is 386 g/mol. The first-order valence-electron chi connectivity index (χ1n) is 9.07. The van der Waals surface area contributed by atoms with Crippen LogP contribution in [0.4, 0.5) is 5.69 Å². The van der Waals surface area contributed by atoms with Crippen molar-refractivity contribution in [2.24, 2.45) is 0 Å². The average Bonchev–Trinajstić information content (AvgIpc) is 3.48. The number of hydrogen-bond acceptors (Lipinski definition) is 6. The summed E-state index contributed by atoms with van der Waals surface area (Å²) in [5, 5.41) is 18.6. The van der Waals surface area contributed by atoms with E-state index in [2.05, 4.69) is 20.4 Å². The molecule has 1 N–H and O–H groups in total. The van der Waals surface area contributed by atoms with Crippen molar-refractivity contribution in [2.45, 2.75) is 12.6 Å². The van der Waals surface area contributed by atoms with Crippen LogP contribution in [0.3, 0.4) is 0 Å². The number of nitro groups is 1. The van der Waals surface area contributed by atoms with Gasteiger partial charge in [0, 0.05) is 24.0 Å². The van der Waals surface area contributed by atoms with Crippen LogP contribution in [0.25, 0.3) is 5.69 Å². The highest BCUT2D eigenvalue weighted by Gasteiger charge is 2.21. The lowest BCUT2D eigenvalue weighted by molar-refractivity contribution is -0.384. The van der Waals surface area contributed by atoms with Crippen LogP contribution in [-0.4, -0.2) is 35.1 Å². The Morgan fingerprint density at radius 2 is 1.97 bits per heavy atom. The summed E-state index contributed by atoms with van der Waals surface area (Å²) in [5.74, 6) is -0.427. The van der Waals surface area contributed by atoms with E-state index in [0.717, 1.165) is 5.56 Å². The maximum absolute atomic E-state index is 12.9. The molecule has 10 nitrogen and oxygen atoms in total. The van der Waals surface area contributed by atoms with Gasteiger partial charge in [-0.05, 0) is 17.7 Å². The Morgan fingerprint density at radius 3 is 2.63 bits per heavy atom. The second-order valence-electron chi connectivity index (χ2n) is 6.48. The van der Waals surface area contributed by atoms with E-state index in [0.29, 0.717) is 12.2 Å².